The molecule has 5 heteroatoms. The van der Waals surface area contributed by atoms with E-state index in [1.807, 2.05) is 19.9 Å². The Morgan fingerprint density at radius 3 is 2.95 bits per heavy atom. The highest BCUT2D eigenvalue weighted by Gasteiger charge is 2.34. The average Bonchev–Trinajstić information content (AvgIpc) is 3.08. The summed E-state index contributed by atoms with van der Waals surface area (Å²) in [5.74, 6) is 1.94. The molecule has 0 spiro atoms. The molecular formula is C16H15NO4. The lowest BCUT2D eigenvalue weighted by molar-refractivity contribution is 0.0674. The lowest BCUT2D eigenvalue weighted by Crippen LogP contribution is -2.38. The highest BCUT2D eigenvalue weighted by atomic mass is 16.7. The van der Waals surface area contributed by atoms with Crippen molar-refractivity contribution in [2.45, 2.75) is 26.6 Å². The van der Waals surface area contributed by atoms with Gasteiger partial charge in [-0.2, -0.15) is 0 Å². The number of amides is 1. The maximum absolute atomic E-state index is 12.8. The van der Waals surface area contributed by atoms with Crippen molar-refractivity contribution in [1.82, 2.24) is 0 Å². The Bertz CT molecular complexity index is 720. The van der Waals surface area contributed by atoms with Crippen LogP contribution < -0.4 is 14.4 Å². The molecule has 1 amide bonds. The van der Waals surface area contributed by atoms with Crippen LogP contribution in [-0.2, 0) is 6.42 Å². The maximum atomic E-state index is 12.8. The summed E-state index contributed by atoms with van der Waals surface area (Å²) in [5, 5.41) is 0. The van der Waals surface area contributed by atoms with Crippen molar-refractivity contribution in [3.63, 3.8) is 0 Å². The van der Waals surface area contributed by atoms with E-state index >= 15 is 0 Å². The smallest absolute Gasteiger partial charge is 0.261 e. The fourth-order valence-electron chi connectivity index (χ4n) is 3.04. The van der Waals surface area contributed by atoms with Gasteiger partial charge < -0.3 is 13.9 Å². The SMILES string of the molecule is Cc1c2c(cc3c1C(=O)N(c1ccco1)CC3)OC(C)O2. The third-order valence-electron chi connectivity index (χ3n) is 3.98. The molecule has 0 saturated heterocycles. The van der Waals surface area contributed by atoms with Gasteiger partial charge in [-0.05, 0) is 31.0 Å². The van der Waals surface area contributed by atoms with E-state index in [2.05, 4.69) is 0 Å². The first kappa shape index (κ1) is 12.3. The Balaban J connectivity index is 1.82. The fraction of sp³-hybridized carbons (Fsp3) is 0.312. The van der Waals surface area contributed by atoms with E-state index in [1.54, 1.807) is 23.3 Å². The number of furan rings is 1. The summed E-state index contributed by atoms with van der Waals surface area (Å²) in [4.78, 5) is 14.5. The molecule has 5 nitrogen and oxygen atoms in total. The van der Waals surface area contributed by atoms with Gasteiger partial charge >= 0.3 is 0 Å². The summed E-state index contributed by atoms with van der Waals surface area (Å²) < 4.78 is 16.6. The summed E-state index contributed by atoms with van der Waals surface area (Å²) in [6.45, 7) is 4.35. The van der Waals surface area contributed by atoms with Crippen molar-refractivity contribution >= 4 is 11.8 Å². The monoisotopic (exact) mass is 285 g/mol. The van der Waals surface area contributed by atoms with Crippen LogP contribution in [0.2, 0.25) is 0 Å². The Labute approximate surface area is 122 Å². The predicted octanol–water partition coefficient (Wildman–Crippen LogP) is 2.91. The van der Waals surface area contributed by atoms with Crippen molar-refractivity contribution in [3.05, 3.63) is 41.2 Å². The van der Waals surface area contributed by atoms with E-state index in [1.165, 1.54) is 0 Å². The van der Waals surface area contributed by atoms with Crippen molar-refractivity contribution in [2.75, 3.05) is 11.4 Å². The van der Waals surface area contributed by atoms with E-state index in [4.69, 9.17) is 13.9 Å². The number of hydrogen-bond donors (Lipinski definition) is 0. The van der Waals surface area contributed by atoms with Crippen LogP contribution in [0.15, 0.2) is 28.9 Å². The van der Waals surface area contributed by atoms with Crippen LogP contribution in [0.3, 0.4) is 0 Å². The van der Waals surface area contributed by atoms with Crippen LogP contribution in [0.25, 0.3) is 0 Å². The first-order valence-electron chi connectivity index (χ1n) is 7.00. The van der Waals surface area contributed by atoms with Gasteiger partial charge in [0.2, 0.25) is 12.2 Å². The molecule has 4 rings (SSSR count). The lowest BCUT2D eigenvalue weighted by Gasteiger charge is -2.28. The molecule has 108 valence electrons. The minimum absolute atomic E-state index is 0.0466. The van der Waals surface area contributed by atoms with E-state index in [0.29, 0.717) is 23.7 Å². The molecular weight excluding hydrogens is 270 g/mol. The van der Waals surface area contributed by atoms with E-state index in [0.717, 1.165) is 23.3 Å². The third kappa shape index (κ3) is 1.73. The number of hydrogen-bond acceptors (Lipinski definition) is 4. The number of anilines is 1. The summed E-state index contributed by atoms with van der Waals surface area (Å²) in [5.41, 5.74) is 2.55. The zero-order chi connectivity index (χ0) is 14.6. The molecule has 3 heterocycles. The van der Waals surface area contributed by atoms with Gasteiger partial charge in [0.1, 0.15) is 0 Å². The molecule has 2 aliphatic heterocycles. The van der Waals surface area contributed by atoms with E-state index in [-0.39, 0.29) is 12.2 Å². The molecule has 21 heavy (non-hydrogen) atoms. The molecule has 0 radical (unpaired) electrons. The zero-order valence-corrected chi connectivity index (χ0v) is 11.9. The summed E-state index contributed by atoms with van der Waals surface area (Å²) in [7, 11) is 0. The van der Waals surface area contributed by atoms with Crippen molar-refractivity contribution in [2.24, 2.45) is 0 Å². The van der Waals surface area contributed by atoms with Crippen LogP contribution in [0.5, 0.6) is 11.5 Å². The third-order valence-corrected chi connectivity index (χ3v) is 3.98. The second-order valence-electron chi connectivity index (χ2n) is 5.32. The Hall–Kier alpha value is -2.43. The second-order valence-corrected chi connectivity index (χ2v) is 5.32. The Morgan fingerprint density at radius 2 is 2.19 bits per heavy atom. The second kappa shape index (κ2) is 4.28. The first-order chi connectivity index (χ1) is 10.1. The normalized spacial score (nSPS) is 19.8. The molecule has 0 fully saturated rings. The standard InChI is InChI=1S/C16H15NO4/c1-9-14-11(8-12-15(9)21-10(2)20-12)5-6-17(16(14)18)13-4-3-7-19-13/h3-4,7-8,10H,5-6H2,1-2H3. The number of ether oxygens (including phenoxy) is 2. The molecule has 1 unspecified atom stereocenters. The van der Waals surface area contributed by atoms with Gasteiger partial charge in [0, 0.05) is 25.1 Å². The highest BCUT2D eigenvalue weighted by Crippen LogP contribution is 2.42. The van der Waals surface area contributed by atoms with Gasteiger partial charge in [0.25, 0.3) is 5.91 Å². The van der Waals surface area contributed by atoms with Gasteiger partial charge in [-0.3, -0.25) is 9.69 Å². The van der Waals surface area contributed by atoms with Gasteiger partial charge in [-0.15, -0.1) is 0 Å². The Morgan fingerprint density at radius 1 is 1.33 bits per heavy atom. The fourth-order valence-corrected chi connectivity index (χ4v) is 3.04. The van der Waals surface area contributed by atoms with E-state index in [9.17, 15) is 4.79 Å². The van der Waals surface area contributed by atoms with Gasteiger partial charge in [-0.25, -0.2) is 0 Å². The average molecular weight is 285 g/mol. The topological polar surface area (TPSA) is 51.9 Å². The quantitative estimate of drug-likeness (QED) is 0.808. The number of carbonyl (C=O) groups excluding carboxylic acids is 1. The van der Waals surface area contributed by atoms with Gasteiger partial charge in [0.15, 0.2) is 11.5 Å². The molecule has 2 aromatic rings. The predicted molar refractivity (Wildman–Crippen MR) is 76.0 cm³/mol. The van der Waals surface area contributed by atoms with Gasteiger partial charge in [0.05, 0.1) is 11.8 Å². The van der Waals surface area contributed by atoms with Crippen LogP contribution in [-0.4, -0.2) is 18.7 Å². The highest BCUT2D eigenvalue weighted by molar-refractivity contribution is 6.09. The van der Waals surface area contributed by atoms with E-state index < -0.39 is 0 Å². The molecule has 0 bridgehead atoms. The molecule has 1 atom stereocenters. The molecule has 2 aliphatic rings. The number of carbonyl (C=O) groups is 1. The van der Waals surface area contributed by atoms with Gasteiger partial charge in [-0.1, -0.05) is 0 Å². The molecule has 0 N–H and O–H groups in total. The minimum atomic E-state index is -0.307. The zero-order valence-electron chi connectivity index (χ0n) is 11.9. The number of rotatable bonds is 1. The number of fused-ring (bicyclic) bond motifs is 2. The van der Waals surface area contributed by atoms with Crippen LogP contribution in [0.1, 0.15) is 28.4 Å². The lowest BCUT2D eigenvalue weighted by atomic mass is 9.93. The van der Waals surface area contributed by atoms with Crippen molar-refractivity contribution < 1.29 is 18.7 Å². The minimum Gasteiger partial charge on any atom is -0.451 e. The van der Waals surface area contributed by atoms with Crippen LogP contribution >= 0.6 is 0 Å². The summed E-state index contributed by atoms with van der Waals surface area (Å²) in [6, 6.07) is 5.51. The Kier molecular flexibility index (Phi) is 2.51. The molecule has 0 aliphatic carbocycles. The largest absolute Gasteiger partial charge is 0.451 e. The number of benzene rings is 1. The maximum Gasteiger partial charge on any atom is 0.261 e. The van der Waals surface area contributed by atoms with Crippen LogP contribution in [0.4, 0.5) is 5.88 Å². The van der Waals surface area contributed by atoms with Crippen molar-refractivity contribution in [3.8, 4) is 11.5 Å². The molecule has 0 saturated carbocycles. The van der Waals surface area contributed by atoms with Crippen LogP contribution in [0, 0.1) is 6.92 Å². The van der Waals surface area contributed by atoms with Crippen molar-refractivity contribution in [1.29, 1.82) is 0 Å². The molecule has 1 aromatic heterocycles. The first-order valence-corrected chi connectivity index (χ1v) is 7.00. The molecule has 1 aromatic carbocycles. The summed E-state index contributed by atoms with van der Waals surface area (Å²) >= 11 is 0. The number of nitrogens with zero attached hydrogens (tertiary/aromatic N) is 1. The summed E-state index contributed by atoms with van der Waals surface area (Å²) in [6.07, 6.45) is 2.04.